The zero-order chi connectivity index (χ0) is 15.9. The van der Waals surface area contributed by atoms with E-state index < -0.39 is 0 Å². The summed E-state index contributed by atoms with van der Waals surface area (Å²) in [5.41, 5.74) is 1.43. The molecule has 4 unspecified atom stereocenters. The average molecular weight is 291 g/mol. The molecule has 0 spiro atoms. The van der Waals surface area contributed by atoms with Crippen molar-refractivity contribution in [3.63, 3.8) is 0 Å². The van der Waals surface area contributed by atoms with Gasteiger partial charge in [0.25, 0.3) is 0 Å². The Morgan fingerprint density at radius 1 is 1.14 bits per heavy atom. The summed E-state index contributed by atoms with van der Waals surface area (Å²) in [6.07, 6.45) is 12.1. The van der Waals surface area contributed by atoms with Crippen LogP contribution in [0.15, 0.2) is 12.7 Å². The highest BCUT2D eigenvalue weighted by Crippen LogP contribution is 2.62. The van der Waals surface area contributed by atoms with Gasteiger partial charge in [-0.1, -0.05) is 60.5 Å². The Bertz CT molecular complexity index is 375. The third kappa shape index (κ3) is 3.25. The molecule has 2 saturated carbocycles. The Hall–Kier alpha value is -0.260. The lowest BCUT2D eigenvalue weighted by Crippen LogP contribution is -2.51. The summed E-state index contributed by atoms with van der Waals surface area (Å²) >= 11 is 0. The summed E-state index contributed by atoms with van der Waals surface area (Å²) in [5, 5.41) is 0. The fourth-order valence-electron chi connectivity index (χ4n) is 5.85. The Kier molecular flexibility index (Phi) is 4.68. The van der Waals surface area contributed by atoms with Gasteiger partial charge in [0.05, 0.1) is 0 Å². The lowest BCUT2D eigenvalue weighted by Gasteiger charge is -2.59. The summed E-state index contributed by atoms with van der Waals surface area (Å²) < 4.78 is 0. The van der Waals surface area contributed by atoms with Crippen LogP contribution in [0.4, 0.5) is 0 Å². The molecule has 0 amide bonds. The van der Waals surface area contributed by atoms with E-state index in [4.69, 9.17) is 0 Å². The molecule has 0 N–H and O–H groups in total. The summed E-state index contributed by atoms with van der Waals surface area (Å²) in [7, 11) is 0. The molecule has 4 atom stereocenters. The maximum atomic E-state index is 4.04. The van der Waals surface area contributed by atoms with Crippen LogP contribution < -0.4 is 0 Å². The first-order chi connectivity index (χ1) is 9.62. The molecule has 0 aromatic carbocycles. The molecule has 2 fully saturated rings. The van der Waals surface area contributed by atoms with Crippen LogP contribution in [0, 0.1) is 34.0 Å². The predicted molar refractivity (Wildman–Crippen MR) is 94.3 cm³/mol. The predicted octanol–water partition coefficient (Wildman–Crippen LogP) is 6.86. The maximum absolute atomic E-state index is 4.04. The number of rotatable bonds is 4. The largest absolute Gasteiger partial charge is 0.103 e. The topological polar surface area (TPSA) is 0 Å². The average Bonchev–Trinajstić information content (AvgIpc) is 2.36. The number of fused-ring (bicyclic) bond motifs is 1. The van der Waals surface area contributed by atoms with Gasteiger partial charge in [0.2, 0.25) is 0 Å². The van der Waals surface area contributed by atoms with Crippen LogP contribution in [-0.4, -0.2) is 0 Å². The van der Waals surface area contributed by atoms with Crippen molar-refractivity contribution >= 4 is 0 Å². The third-order valence-corrected chi connectivity index (χ3v) is 7.37. The van der Waals surface area contributed by atoms with Gasteiger partial charge in [0, 0.05) is 0 Å². The van der Waals surface area contributed by atoms with E-state index >= 15 is 0 Å². The van der Waals surface area contributed by atoms with Crippen molar-refractivity contribution in [2.24, 2.45) is 34.0 Å². The van der Waals surface area contributed by atoms with E-state index in [0.29, 0.717) is 16.2 Å². The Morgan fingerprint density at radius 3 is 2.43 bits per heavy atom. The van der Waals surface area contributed by atoms with Crippen LogP contribution in [0.1, 0.15) is 86.5 Å². The molecule has 0 saturated heterocycles. The molecule has 0 aromatic rings. The number of hydrogen-bond donors (Lipinski definition) is 0. The Morgan fingerprint density at radius 2 is 1.81 bits per heavy atom. The Balaban J connectivity index is 2.19. The van der Waals surface area contributed by atoms with Gasteiger partial charge in [-0.2, -0.15) is 0 Å². The normalized spacial score (nSPS) is 39.6. The first-order valence-corrected chi connectivity index (χ1v) is 9.26. The van der Waals surface area contributed by atoms with Gasteiger partial charge in [-0.3, -0.25) is 0 Å². The van der Waals surface area contributed by atoms with Crippen LogP contribution in [0.5, 0.6) is 0 Å². The lowest BCUT2D eigenvalue weighted by atomic mass is 9.46. The highest BCUT2D eigenvalue weighted by Gasteiger charge is 2.53. The molecule has 0 radical (unpaired) electrons. The minimum Gasteiger partial charge on any atom is -0.103 e. The van der Waals surface area contributed by atoms with Gasteiger partial charge in [0.15, 0.2) is 0 Å². The van der Waals surface area contributed by atoms with Crippen molar-refractivity contribution in [2.75, 3.05) is 0 Å². The van der Waals surface area contributed by atoms with E-state index in [1.54, 1.807) is 0 Å². The first kappa shape index (κ1) is 17.1. The van der Waals surface area contributed by atoms with Crippen molar-refractivity contribution < 1.29 is 0 Å². The molecule has 2 aliphatic rings. The quantitative estimate of drug-likeness (QED) is 0.496. The molecule has 2 rings (SSSR count). The molecular weight excluding hydrogens is 252 g/mol. The molecule has 0 aromatic heterocycles. The van der Waals surface area contributed by atoms with Crippen molar-refractivity contribution in [1.29, 1.82) is 0 Å². The van der Waals surface area contributed by atoms with Crippen molar-refractivity contribution in [1.82, 2.24) is 0 Å². The Labute approximate surface area is 133 Å². The number of hydrogen-bond acceptors (Lipinski definition) is 0. The SMILES string of the molecule is C=CC(C)(C)CCC1C(C)CCC2C(C)(C)CCCC12C. The van der Waals surface area contributed by atoms with E-state index in [2.05, 4.69) is 54.2 Å². The summed E-state index contributed by atoms with van der Waals surface area (Å²) in [6, 6.07) is 0. The first-order valence-electron chi connectivity index (χ1n) is 9.26. The van der Waals surface area contributed by atoms with E-state index in [1.165, 1.54) is 44.9 Å². The summed E-state index contributed by atoms with van der Waals surface area (Å²) in [5.74, 6) is 2.75. The van der Waals surface area contributed by atoms with Crippen molar-refractivity contribution in [3.8, 4) is 0 Å². The van der Waals surface area contributed by atoms with Gasteiger partial charge >= 0.3 is 0 Å². The molecule has 0 nitrogen and oxygen atoms in total. The molecule has 21 heavy (non-hydrogen) atoms. The minimum atomic E-state index is 0.299. The van der Waals surface area contributed by atoms with Crippen LogP contribution in [0.2, 0.25) is 0 Å². The highest BCUT2D eigenvalue weighted by molar-refractivity contribution is 5.03. The zero-order valence-electron chi connectivity index (χ0n) is 15.5. The smallest absolute Gasteiger partial charge is 0.0177 e. The molecule has 122 valence electrons. The molecule has 2 aliphatic carbocycles. The van der Waals surface area contributed by atoms with Crippen molar-refractivity contribution in [2.45, 2.75) is 86.5 Å². The third-order valence-electron chi connectivity index (χ3n) is 7.37. The fraction of sp³-hybridized carbons (Fsp3) is 0.905. The monoisotopic (exact) mass is 290 g/mol. The standard InChI is InChI=1S/C21H38/c1-8-19(3,4)15-12-17-16(2)10-11-18-20(5,6)13-9-14-21(17,18)7/h8,16-18H,1,9-15H2,2-7H3. The number of allylic oxidation sites excluding steroid dienone is 1. The zero-order valence-corrected chi connectivity index (χ0v) is 15.5. The maximum Gasteiger partial charge on any atom is -0.0177 e. The second kappa shape index (κ2) is 5.74. The highest BCUT2D eigenvalue weighted by atomic mass is 14.6. The fourth-order valence-corrected chi connectivity index (χ4v) is 5.85. The molecule has 0 bridgehead atoms. The van der Waals surface area contributed by atoms with Crippen LogP contribution in [0.3, 0.4) is 0 Å². The van der Waals surface area contributed by atoms with Crippen LogP contribution >= 0.6 is 0 Å². The van der Waals surface area contributed by atoms with Gasteiger partial charge in [-0.15, -0.1) is 6.58 Å². The second-order valence-corrected chi connectivity index (χ2v) is 9.79. The molecule has 0 heteroatoms. The second-order valence-electron chi connectivity index (χ2n) is 9.79. The van der Waals surface area contributed by atoms with E-state index in [1.807, 2.05) is 0 Å². The van der Waals surface area contributed by atoms with E-state index in [9.17, 15) is 0 Å². The molecule has 0 aliphatic heterocycles. The van der Waals surface area contributed by atoms with E-state index in [-0.39, 0.29) is 0 Å². The van der Waals surface area contributed by atoms with Crippen molar-refractivity contribution in [3.05, 3.63) is 12.7 Å². The van der Waals surface area contributed by atoms with Gasteiger partial charge < -0.3 is 0 Å². The van der Waals surface area contributed by atoms with Gasteiger partial charge in [-0.05, 0) is 66.1 Å². The van der Waals surface area contributed by atoms with Gasteiger partial charge in [0.1, 0.15) is 0 Å². The molecular formula is C21H38. The summed E-state index contributed by atoms with van der Waals surface area (Å²) in [4.78, 5) is 0. The van der Waals surface area contributed by atoms with Crippen LogP contribution in [-0.2, 0) is 0 Å². The molecule has 0 heterocycles. The van der Waals surface area contributed by atoms with Gasteiger partial charge in [-0.25, -0.2) is 0 Å². The lowest BCUT2D eigenvalue weighted by molar-refractivity contribution is -0.0978. The summed E-state index contributed by atoms with van der Waals surface area (Å²) in [6.45, 7) is 19.0. The van der Waals surface area contributed by atoms with E-state index in [0.717, 1.165) is 17.8 Å². The minimum absolute atomic E-state index is 0.299. The van der Waals surface area contributed by atoms with Crippen LogP contribution in [0.25, 0.3) is 0 Å².